The molecule has 7 nitrogen and oxygen atoms in total. The number of nitro groups is 1. The Hall–Kier alpha value is -2.15. The van der Waals surface area contributed by atoms with Crippen LogP contribution in [0.5, 0.6) is 5.75 Å². The topological polar surface area (TPSA) is 75.9 Å². The lowest BCUT2D eigenvalue weighted by Gasteiger charge is -2.35. The second-order valence-electron chi connectivity index (χ2n) is 5.44. The number of anilines is 1. The summed E-state index contributed by atoms with van der Waals surface area (Å²) >= 11 is 0. The van der Waals surface area contributed by atoms with Gasteiger partial charge in [-0.1, -0.05) is 20.8 Å². The van der Waals surface area contributed by atoms with Crippen molar-refractivity contribution in [3.63, 3.8) is 0 Å². The summed E-state index contributed by atoms with van der Waals surface area (Å²) in [6.07, 6.45) is 0.0393. The van der Waals surface area contributed by atoms with E-state index < -0.39 is 11.0 Å². The van der Waals surface area contributed by atoms with Gasteiger partial charge in [0.1, 0.15) is 5.75 Å². The summed E-state index contributed by atoms with van der Waals surface area (Å²) in [6.45, 7) is 9.03. The molecule has 0 spiro atoms. The summed E-state index contributed by atoms with van der Waals surface area (Å²) in [7, 11) is 0. The van der Waals surface area contributed by atoms with Gasteiger partial charge in [0.2, 0.25) is 0 Å². The standard InChI is InChI=1S/C16H23N3O4/c1-4-14-16(20)18(10-9-17(5-2)6-3)13-11-12(19(21)22)7-8-15(13)23-14/h7-8,11,14H,4-6,9-10H2,1-3H3. The number of ether oxygens (including phenoxy) is 1. The monoisotopic (exact) mass is 321 g/mol. The van der Waals surface area contributed by atoms with Crippen molar-refractivity contribution in [2.24, 2.45) is 0 Å². The van der Waals surface area contributed by atoms with Gasteiger partial charge < -0.3 is 14.5 Å². The Labute approximate surface area is 136 Å². The molecule has 0 radical (unpaired) electrons. The predicted molar refractivity (Wildman–Crippen MR) is 87.9 cm³/mol. The first-order chi connectivity index (χ1) is 11.0. The summed E-state index contributed by atoms with van der Waals surface area (Å²) in [5, 5.41) is 11.0. The Kier molecular flexibility index (Phi) is 5.54. The zero-order chi connectivity index (χ0) is 17.0. The van der Waals surface area contributed by atoms with E-state index in [4.69, 9.17) is 4.74 Å². The van der Waals surface area contributed by atoms with E-state index >= 15 is 0 Å². The van der Waals surface area contributed by atoms with Gasteiger partial charge in [0, 0.05) is 25.2 Å². The highest BCUT2D eigenvalue weighted by Crippen LogP contribution is 2.37. The van der Waals surface area contributed by atoms with Crippen molar-refractivity contribution in [3.8, 4) is 5.75 Å². The largest absolute Gasteiger partial charge is 0.478 e. The van der Waals surface area contributed by atoms with Crippen LogP contribution in [0.25, 0.3) is 0 Å². The van der Waals surface area contributed by atoms with Crippen molar-refractivity contribution in [3.05, 3.63) is 28.3 Å². The summed E-state index contributed by atoms with van der Waals surface area (Å²) in [5.74, 6) is 0.397. The van der Waals surface area contributed by atoms with E-state index in [1.54, 1.807) is 11.0 Å². The van der Waals surface area contributed by atoms with Crippen molar-refractivity contribution >= 4 is 17.3 Å². The number of hydrogen-bond donors (Lipinski definition) is 0. The summed E-state index contributed by atoms with van der Waals surface area (Å²) in [4.78, 5) is 27.0. The molecular weight excluding hydrogens is 298 g/mol. The molecule has 7 heteroatoms. The number of carbonyl (C=O) groups is 1. The van der Waals surface area contributed by atoms with Gasteiger partial charge in [-0.05, 0) is 25.6 Å². The normalized spacial score (nSPS) is 17.1. The van der Waals surface area contributed by atoms with Crippen LogP contribution in [0.4, 0.5) is 11.4 Å². The van der Waals surface area contributed by atoms with Gasteiger partial charge in [-0.15, -0.1) is 0 Å². The van der Waals surface area contributed by atoms with Crippen molar-refractivity contribution in [2.75, 3.05) is 31.1 Å². The minimum Gasteiger partial charge on any atom is -0.478 e. The SMILES string of the molecule is CCC1Oc2ccc([N+](=O)[O-])cc2N(CCN(CC)CC)C1=O. The third-order valence-corrected chi connectivity index (χ3v) is 4.16. The quantitative estimate of drug-likeness (QED) is 0.569. The first-order valence-electron chi connectivity index (χ1n) is 8.00. The Balaban J connectivity index is 2.32. The molecule has 1 aliphatic rings. The van der Waals surface area contributed by atoms with Crippen molar-refractivity contribution in [1.82, 2.24) is 4.90 Å². The molecule has 2 rings (SSSR count). The number of benzene rings is 1. The molecule has 1 unspecified atom stereocenters. The van der Waals surface area contributed by atoms with Crippen LogP contribution in [0, 0.1) is 10.1 Å². The number of amides is 1. The second kappa shape index (κ2) is 7.41. The number of likely N-dealkylation sites (N-methyl/N-ethyl adjacent to an activating group) is 1. The van der Waals surface area contributed by atoms with Crippen LogP contribution in [0.15, 0.2) is 18.2 Å². The van der Waals surface area contributed by atoms with E-state index in [0.717, 1.165) is 19.6 Å². The minimum atomic E-state index is -0.527. The zero-order valence-corrected chi connectivity index (χ0v) is 13.8. The minimum absolute atomic E-state index is 0.0389. The molecule has 1 heterocycles. The van der Waals surface area contributed by atoms with Gasteiger partial charge in [-0.3, -0.25) is 14.9 Å². The van der Waals surface area contributed by atoms with Gasteiger partial charge in [0.15, 0.2) is 6.10 Å². The fraction of sp³-hybridized carbons (Fsp3) is 0.562. The van der Waals surface area contributed by atoms with E-state index in [2.05, 4.69) is 18.7 Å². The lowest BCUT2D eigenvalue weighted by Crippen LogP contribution is -2.48. The maximum absolute atomic E-state index is 12.6. The molecule has 1 aliphatic heterocycles. The number of fused-ring (bicyclic) bond motifs is 1. The van der Waals surface area contributed by atoms with Crippen LogP contribution < -0.4 is 9.64 Å². The van der Waals surface area contributed by atoms with Crippen molar-refractivity contribution in [2.45, 2.75) is 33.3 Å². The molecule has 0 fully saturated rings. The third kappa shape index (κ3) is 3.61. The summed E-state index contributed by atoms with van der Waals surface area (Å²) in [6, 6.07) is 4.40. The summed E-state index contributed by atoms with van der Waals surface area (Å²) < 4.78 is 5.69. The van der Waals surface area contributed by atoms with E-state index in [0.29, 0.717) is 24.4 Å². The molecule has 23 heavy (non-hydrogen) atoms. The Bertz CT molecular complexity index is 587. The number of hydrogen-bond acceptors (Lipinski definition) is 5. The van der Waals surface area contributed by atoms with E-state index in [1.165, 1.54) is 12.1 Å². The molecule has 0 aromatic heterocycles. The van der Waals surface area contributed by atoms with Gasteiger partial charge in [-0.25, -0.2) is 0 Å². The number of nitro benzene ring substituents is 1. The molecule has 1 amide bonds. The molecule has 1 atom stereocenters. The smallest absolute Gasteiger partial charge is 0.271 e. The fourth-order valence-electron chi connectivity index (χ4n) is 2.70. The van der Waals surface area contributed by atoms with Crippen LogP contribution in [0.2, 0.25) is 0 Å². The highest BCUT2D eigenvalue weighted by atomic mass is 16.6. The average molecular weight is 321 g/mol. The average Bonchev–Trinajstić information content (AvgIpc) is 2.56. The van der Waals surface area contributed by atoms with E-state index in [-0.39, 0.29) is 11.6 Å². The van der Waals surface area contributed by atoms with Gasteiger partial charge in [-0.2, -0.15) is 0 Å². The first-order valence-corrected chi connectivity index (χ1v) is 8.00. The third-order valence-electron chi connectivity index (χ3n) is 4.16. The van der Waals surface area contributed by atoms with Crippen molar-refractivity contribution < 1.29 is 14.5 Å². The Morgan fingerprint density at radius 1 is 1.30 bits per heavy atom. The predicted octanol–water partition coefficient (Wildman–Crippen LogP) is 2.44. The number of nitrogens with zero attached hydrogens (tertiary/aromatic N) is 3. The molecule has 1 aromatic rings. The molecule has 0 aliphatic carbocycles. The molecule has 0 saturated carbocycles. The first kappa shape index (κ1) is 17.2. The molecule has 0 saturated heterocycles. The number of non-ortho nitro benzene ring substituents is 1. The Morgan fingerprint density at radius 3 is 2.57 bits per heavy atom. The van der Waals surface area contributed by atoms with Crippen LogP contribution >= 0.6 is 0 Å². The van der Waals surface area contributed by atoms with Crippen LogP contribution in [-0.2, 0) is 4.79 Å². The summed E-state index contributed by atoms with van der Waals surface area (Å²) in [5.41, 5.74) is 0.448. The van der Waals surface area contributed by atoms with Crippen molar-refractivity contribution in [1.29, 1.82) is 0 Å². The zero-order valence-electron chi connectivity index (χ0n) is 13.8. The molecule has 126 valence electrons. The van der Waals surface area contributed by atoms with Gasteiger partial charge in [0.25, 0.3) is 11.6 Å². The molecule has 0 bridgehead atoms. The molecule has 1 aromatic carbocycles. The number of rotatable bonds is 7. The maximum atomic E-state index is 12.6. The van der Waals surface area contributed by atoms with Gasteiger partial charge >= 0.3 is 0 Å². The highest BCUT2D eigenvalue weighted by Gasteiger charge is 2.34. The number of carbonyl (C=O) groups excluding carboxylic acids is 1. The van der Waals surface area contributed by atoms with E-state index in [1.807, 2.05) is 6.92 Å². The lowest BCUT2D eigenvalue weighted by atomic mass is 10.1. The van der Waals surface area contributed by atoms with E-state index in [9.17, 15) is 14.9 Å². The van der Waals surface area contributed by atoms with Crippen LogP contribution in [-0.4, -0.2) is 48.0 Å². The van der Waals surface area contributed by atoms with Gasteiger partial charge in [0.05, 0.1) is 10.6 Å². The highest BCUT2D eigenvalue weighted by molar-refractivity contribution is 6.00. The molecule has 0 N–H and O–H groups in total. The fourth-order valence-corrected chi connectivity index (χ4v) is 2.70. The van der Waals surface area contributed by atoms with Crippen LogP contribution in [0.3, 0.4) is 0 Å². The second-order valence-corrected chi connectivity index (χ2v) is 5.44. The maximum Gasteiger partial charge on any atom is 0.271 e. The van der Waals surface area contributed by atoms with Crippen LogP contribution in [0.1, 0.15) is 27.2 Å². The lowest BCUT2D eigenvalue weighted by molar-refractivity contribution is -0.384. The Morgan fingerprint density at radius 2 is 2.00 bits per heavy atom. The molecular formula is C16H23N3O4.